The highest BCUT2D eigenvalue weighted by Gasteiger charge is 2.50. The molecule has 0 unspecified atom stereocenters. The van der Waals surface area contributed by atoms with E-state index < -0.39 is 21.4 Å². The number of benzene rings is 1. The lowest BCUT2D eigenvalue weighted by Gasteiger charge is -2.12. The fourth-order valence-electron chi connectivity index (χ4n) is 1.86. The van der Waals surface area contributed by atoms with Crippen LogP contribution < -0.4 is 4.72 Å². The van der Waals surface area contributed by atoms with E-state index in [1.807, 2.05) is 6.07 Å². The van der Waals surface area contributed by atoms with Crippen LogP contribution >= 0.6 is 0 Å². The molecular weight excluding hydrogens is 280 g/mol. The van der Waals surface area contributed by atoms with Gasteiger partial charge in [-0.05, 0) is 43.5 Å². The minimum Gasteiger partial charge on any atom is -0.481 e. The Bertz CT molecular complexity index is 700. The Kier molecular flexibility index (Phi) is 3.54. The summed E-state index contributed by atoms with van der Waals surface area (Å²) in [4.78, 5) is 11.0. The third-order valence-corrected chi connectivity index (χ3v) is 4.94. The van der Waals surface area contributed by atoms with E-state index in [1.54, 1.807) is 6.92 Å². The predicted molar refractivity (Wildman–Crippen MR) is 70.4 cm³/mol. The van der Waals surface area contributed by atoms with Gasteiger partial charge in [0.2, 0.25) is 10.0 Å². The normalized spacial score (nSPS) is 16.4. The van der Waals surface area contributed by atoms with Gasteiger partial charge < -0.3 is 5.11 Å². The first-order valence-corrected chi connectivity index (χ1v) is 7.53. The number of carbonyl (C=O) groups is 1. The van der Waals surface area contributed by atoms with Crippen LogP contribution in [0.25, 0.3) is 0 Å². The standard InChI is InChI=1S/C13H14N2O4S/c1-9-6-11(3-2-10(9)7-14)20(18,19)15-8-13(4-5-13)12(16)17/h2-3,6,15H,4-5,8H2,1H3,(H,16,17). The largest absolute Gasteiger partial charge is 0.481 e. The molecule has 0 atom stereocenters. The van der Waals surface area contributed by atoms with Crippen molar-refractivity contribution >= 4 is 16.0 Å². The van der Waals surface area contributed by atoms with E-state index in [4.69, 9.17) is 10.4 Å². The molecule has 2 rings (SSSR count). The van der Waals surface area contributed by atoms with Crippen molar-refractivity contribution in [1.82, 2.24) is 4.72 Å². The van der Waals surface area contributed by atoms with Crippen LogP contribution in [-0.4, -0.2) is 26.0 Å². The topological polar surface area (TPSA) is 107 Å². The molecule has 0 amide bonds. The van der Waals surface area contributed by atoms with Gasteiger partial charge in [0.05, 0.1) is 21.9 Å². The Morgan fingerprint density at radius 1 is 1.50 bits per heavy atom. The van der Waals surface area contributed by atoms with Gasteiger partial charge >= 0.3 is 5.97 Å². The monoisotopic (exact) mass is 294 g/mol. The zero-order chi connectivity index (χ0) is 15.0. The maximum Gasteiger partial charge on any atom is 0.310 e. The summed E-state index contributed by atoms with van der Waals surface area (Å²) in [6, 6.07) is 6.15. The second kappa shape index (κ2) is 4.89. The number of aliphatic carboxylic acids is 1. The number of hydrogen-bond acceptors (Lipinski definition) is 4. The highest BCUT2D eigenvalue weighted by atomic mass is 32.2. The molecule has 106 valence electrons. The maximum absolute atomic E-state index is 12.1. The van der Waals surface area contributed by atoms with Gasteiger partial charge in [-0.3, -0.25) is 4.79 Å². The molecule has 0 aliphatic heterocycles. The molecule has 0 saturated heterocycles. The summed E-state index contributed by atoms with van der Waals surface area (Å²) in [6.45, 7) is 1.54. The number of aryl methyl sites for hydroxylation is 1. The Labute approximate surface area is 117 Å². The number of nitrogens with one attached hydrogen (secondary N) is 1. The molecule has 2 N–H and O–H groups in total. The summed E-state index contributed by atoms with van der Waals surface area (Å²) < 4.78 is 26.5. The summed E-state index contributed by atoms with van der Waals surface area (Å²) in [6.07, 6.45) is 0.967. The second-order valence-electron chi connectivity index (χ2n) is 5.00. The molecule has 1 aromatic carbocycles. The maximum atomic E-state index is 12.1. The zero-order valence-corrected chi connectivity index (χ0v) is 11.7. The van der Waals surface area contributed by atoms with Gasteiger partial charge in [0.25, 0.3) is 0 Å². The fraction of sp³-hybridized carbons (Fsp3) is 0.385. The molecule has 20 heavy (non-hydrogen) atoms. The van der Waals surface area contributed by atoms with Crippen molar-refractivity contribution in [2.45, 2.75) is 24.7 Å². The number of hydrogen-bond donors (Lipinski definition) is 2. The van der Waals surface area contributed by atoms with E-state index >= 15 is 0 Å². The molecule has 6 nitrogen and oxygen atoms in total. The fourth-order valence-corrected chi connectivity index (χ4v) is 3.07. The van der Waals surface area contributed by atoms with Crippen LogP contribution in [-0.2, 0) is 14.8 Å². The summed E-state index contributed by atoms with van der Waals surface area (Å²) in [5, 5.41) is 17.8. The molecule has 1 saturated carbocycles. The van der Waals surface area contributed by atoms with Crippen molar-refractivity contribution in [3.05, 3.63) is 29.3 Å². The van der Waals surface area contributed by atoms with Gasteiger partial charge in [0.1, 0.15) is 0 Å². The van der Waals surface area contributed by atoms with E-state index in [2.05, 4.69) is 4.72 Å². The lowest BCUT2D eigenvalue weighted by Crippen LogP contribution is -2.34. The molecule has 0 aromatic heterocycles. The van der Waals surface area contributed by atoms with Crippen LogP contribution in [0, 0.1) is 23.7 Å². The van der Waals surface area contributed by atoms with Crippen LogP contribution in [0.2, 0.25) is 0 Å². The second-order valence-corrected chi connectivity index (χ2v) is 6.77. The van der Waals surface area contributed by atoms with Crippen LogP contribution in [0.1, 0.15) is 24.0 Å². The van der Waals surface area contributed by atoms with Gasteiger partial charge in [-0.2, -0.15) is 5.26 Å². The van der Waals surface area contributed by atoms with Gasteiger partial charge in [0.15, 0.2) is 0 Å². The van der Waals surface area contributed by atoms with Crippen molar-refractivity contribution < 1.29 is 18.3 Å². The highest BCUT2D eigenvalue weighted by molar-refractivity contribution is 7.89. The van der Waals surface area contributed by atoms with Crippen molar-refractivity contribution in [1.29, 1.82) is 5.26 Å². The average molecular weight is 294 g/mol. The van der Waals surface area contributed by atoms with E-state index in [0.717, 1.165) is 0 Å². The number of nitriles is 1. The van der Waals surface area contributed by atoms with Gasteiger partial charge in [-0.1, -0.05) is 0 Å². The first-order valence-electron chi connectivity index (χ1n) is 6.05. The average Bonchev–Trinajstić information content (AvgIpc) is 3.17. The van der Waals surface area contributed by atoms with Crippen molar-refractivity contribution in [2.24, 2.45) is 5.41 Å². The Balaban J connectivity index is 2.17. The summed E-state index contributed by atoms with van der Waals surface area (Å²) in [7, 11) is -3.76. The third kappa shape index (κ3) is 2.66. The van der Waals surface area contributed by atoms with Crippen LogP contribution in [0.4, 0.5) is 0 Å². The Morgan fingerprint density at radius 2 is 2.15 bits per heavy atom. The Morgan fingerprint density at radius 3 is 2.60 bits per heavy atom. The molecule has 0 heterocycles. The van der Waals surface area contributed by atoms with Crippen molar-refractivity contribution in [3.63, 3.8) is 0 Å². The van der Waals surface area contributed by atoms with Gasteiger partial charge in [-0.15, -0.1) is 0 Å². The molecule has 1 fully saturated rings. The number of rotatable bonds is 5. The highest BCUT2D eigenvalue weighted by Crippen LogP contribution is 2.45. The number of nitrogens with zero attached hydrogens (tertiary/aromatic N) is 1. The number of carboxylic acid groups (broad SMARTS) is 1. The van der Waals surface area contributed by atoms with E-state index in [1.165, 1.54) is 18.2 Å². The van der Waals surface area contributed by atoms with Crippen LogP contribution in [0.5, 0.6) is 0 Å². The summed E-state index contributed by atoms with van der Waals surface area (Å²) >= 11 is 0. The lowest BCUT2D eigenvalue weighted by molar-refractivity contribution is -0.143. The molecule has 1 aliphatic rings. The van der Waals surface area contributed by atoms with Gasteiger partial charge in [0, 0.05) is 6.54 Å². The first-order chi connectivity index (χ1) is 9.31. The van der Waals surface area contributed by atoms with E-state index in [-0.39, 0.29) is 11.4 Å². The summed E-state index contributed by atoms with van der Waals surface area (Å²) in [5.41, 5.74) is 0.0252. The number of carboxylic acids is 1. The first kappa shape index (κ1) is 14.5. The molecule has 1 aromatic rings. The molecular formula is C13H14N2O4S. The molecule has 0 radical (unpaired) electrons. The Hall–Kier alpha value is -1.91. The minimum atomic E-state index is -3.76. The van der Waals surface area contributed by atoms with E-state index in [9.17, 15) is 13.2 Å². The molecule has 0 spiro atoms. The minimum absolute atomic E-state index is 0.0372. The lowest BCUT2D eigenvalue weighted by atomic mass is 10.1. The predicted octanol–water partition coefficient (Wildman–Crippen LogP) is 1.01. The third-order valence-electron chi connectivity index (χ3n) is 3.54. The van der Waals surface area contributed by atoms with Crippen molar-refractivity contribution in [3.8, 4) is 6.07 Å². The van der Waals surface area contributed by atoms with Gasteiger partial charge in [-0.25, -0.2) is 13.1 Å². The zero-order valence-electron chi connectivity index (χ0n) is 10.9. The summed E-state index contributed by atoms with van der Waals surface area (Å²) in [5.74, 6) is -0.976. The SMILES string of the molecule is Cc1cc(S(=O)(=O)NCC2(C(=O)O)CC2)ccc1C#N. The molecule has 1 aliphatic carbocycles. The van der Waals surface area contributed by atoms with E-state index in [0.29, 0.717) is 24.0 Å². The molecule has 7 heteroatoms. The van der Waals surface area contributed by atoms with Crippen LogP contribution in [0.15, 0.2) is 23.1 Å². The molecule has 0 bridgehead atoms. The van der Waals surface area contributed by atoms with Crippen molar-refractivity contribution in [2.75, 3.05) is 6.54 Å². The quantitative estimate of drug-likeness (QED) is 0.842. The smallest absolute Gasteiger partial charge is 0.310 e. The number of sulfonamides is 1. The van der Waals surface area contributed by atoms with Crippen LogP contribution in [0.3, 0.4) is 0 Å².